The van der Waals surface area contributed by atoms with Gasteiger partial charge in [-0.05, 0) is 55.8 Å². The summed E-state index contributed by atoms with van der Waals surface area (Å²) >= 11 is 3.63. The molecule has 1 N–H and O–H groups in total. The van der Waals surface area contributed by atoms with Crippen molar-refractivity contribution in [3.8, 4) is 22.9 Å². The summed E-state index contributed by atoms with van der Waals surface area (Å²) < 4.78 is 7.26. The molecule has 0 unspecified atom stereocenters. The molecule has 0 radical (unpaired) electrons. The normalized spacial score (nSPS) is 15.5. The SMILES string of the molecule is CN1CCC(Oc2cc(Br)cc(-c3cnc4[nH]c5cnc(C#N)cc5c4c3)c2)CC1. The molecule has 1 aliphatic rings. The maximum atomic E-state index is 9.19. The van der Waals surface area contributed by atoms with Crippen LogP contribution in [0.5, 0.6) is 5.75 Å². The van der Waals surface area contributed by atoms with E-state index in [4.69, 9.17) is 4.74 Å². The molecule has 0 amide bonds. The highest BCUT2D eigenvalue weighted by Crippen LogP contribution is 2.33. The highest BCUT2D eigenvalue weighted by atomic mass is 79.9. The second kappa shape index (κ2) is 7.71. The van der Waals surface area contributed by atoms with Crippen LogP contribution in [0.3, 0.4) is 0 Å². The molecule has 150 valence electrons. The number of benzene rings is 1. The quantitative estimate of drug-likeness (QED) is 0.469. The van der Waals surface area contributed by atoms with Crippen molar-refractivity contribution >= 4 is 37.9 Å². The average Bonchev–Trinajstić information content (AvgIpc) is 3.12. The maximum absolute atomic E-state index is 9.19. The topological polar surface area (TPSA) is 77.8 Å². The lowest BCUT2D eigenvalue weighted by atomic mass is 10.0. The number of likely N-dealkylation sites (tertiary alicyclic amines) is 1. The number of nitrogens with one attached hydrogen (secondary N) is 1. The first-order valence-electron chi connectivity index (χ1n) is 9.93. The molecule has 0 saturated carbocycles. The van der Waals surface area contributed by atoms with E-state index in [1.54, 1.807) is 12.3 Å². The van der Waals surface area contributed by atoms with Crippen molar-refractivity contribution in [1.29, 1.82) is 5.26 Å². The zero-order valence-corrected chi connectivity index (χ0v) is 18.1. The van der Waals surface area contributed by atoms with Gasteiger partial charge in [0.1, 0.15) is 29.3 Å². The van der Waals surface area contributed by atoms with Crippen LogP contribution in [0.4, 0.5) is 0 Å². The number of piperidine rings is 1. The van der Waals surface area contributed by atoms with Gasteiger partial charge < -0.3 is 14.6 Å². The fraction of sp³-hybridized carbons (Fsp3) is 0.261. The number of nitrogens with zero attached hydrogens (tertiary/aromatic N) is 4. The molecule has 30 heavy (non-hydrogen) atoms. The molecule has 4 aromatic rings. The van der Waals surface area contributed by atoms with Crippen molar-refractivity contribution in [2.24, 2.45) is 0 Å². The molecule has 3 aromatic heterocycles. The predicted molar refractivity (Wildman–Crippen MR) is 120 cm³/mol. The van der Waals surface area contributed by atoms with E-state index in [2.05, 4.69) is 67.1 Å². The Morgan fingerprint density at radius 2 is 1.90 bits per heavy atom. The summed E-state index contributed by atoms with van der Waals surface area (Å²) in [6, 6.07) is 12.2. The van der Waals surface area contributed by atoms with Crippen LogP contribution in [0.2, 0.25) is 0 Å². The third kappa shape index (κ3) is 3.64. The molecule has 7 heteroatoms. The zero-order valence-electron chi connectivity index (χ0n) is 16.5. The highest BCUT2D eigenvalue weighted by molar-refractivity contribution is 9.10. The lowest BCUT2D eigenvalue weighted by Gasteiger charge is -2.29. The van der Waals surface area contributed by atoms with E-state index in [1.165, 1.54) is 0 Å². The third-order valence-electron chi connectivity index (χ3n) is 5.62. The van der Waals surface area contributed by atoms with Gasteiger partial charge in [-0.25, -0.2) is 9.97 Å². The summed E-state index contributed by atoms with van der Waals surface area (Å²) in [5, 5.41) is 11.1. The van der Waals surface area contributed by atoms with Crippen molar-refractivity contribution in [2.75, 3.05) is 20.1 Å². The van der Waals surface area contributed by atoms with Crippen molar-refractivity contribution in [2.45, 2.75) is 18.9 Å². The molecule has 5 rings (SSSR count). The van der Waals surface area contributed by atoms with Gasteiger partial charge in [0.05, 0.1) is 11.7 Å². The Bertz CT molecular complexity index is 1280. The molecule has 0 bridgehead atoms. The Morgan fingerprint density at radius 3 is 2.70 bits per heavy atom. The Morgan fingerprint density at radius 1 is 1.07 bits per heavy atom. The smallest absolute Gasteiger partial charge is 0.141 e. The standard InChI is InChI=1S/C23H20BrN5O/c1-29-4-2-18(3-5-29)30-19-7-14(6-16(24)9-19)15-8-21-20-10-17(11-25)26-13-22(20)28-23(21)27-12-15/h6-10,12-13,18H,2-5H2,1H3,(H,27,28). The van der Waals surface area contributed by atoms with Gasteiger partial charge in [0.15, 0.2) is 0 Å². The van der Waals surface area contributed by atoms with E-state index in [0.717, 1.165) is 69.2 Å². The van der Waals surface area contributed by atoms with Gasteiger partial charge in [-0.3, -0.25) is 0 Å². The zero-order chi connectivity index (χ0) is 20.7. The van der Waals surface area contributed by atoms with Crippen molar-refractivity contribution in [1.82, 2.24) is 19.9 Å². The number of H-pyrrole nitrogens is 1. The van der Waals surface area contributed by atoms with Crippen LogP contribution in [0.1, 0.15) is 18.5 Å². The van der Waals surface area contributed by atoms with Crippen LogP contribution >= 0.6 is 15.9 Å². The minimum atomic E-state index is 0.245. The molecule has 1 aromatic carbocycles. The monoisotopic (exact) mass is 461 g/mol. The molecule has 6 nitrogen and oxygen atoms in total. The Hall–Kier alpha value is -2.95. The van der Waals surface area contributed by atoms with Gasteiger partial charge in [-0.2, -0.15) is 5.26 Å². The summed E-state index contributed by atoms with van der Waals surface area (Å²) in [6.45, 7) is 2.12. The number of halogens is 1. The number of aromatic nitrogens is 3. The van der Waals surface area contributed by atoms with Gasteiger partial charge in [-0.15, -0.1) is 0 Å². The molecular weight excluding hydrogens is 442 g/mol. The van der Waals surface area contributed by atoms with E-state index in [9.17, 15) is 5.26 Å². The molecule has 1 fully saturated rings. The number of rotatable bonds is 3. The average molecular weight is 462 g/mol. The van der Waals surface area contributed by atoms with E-state index in [1.807, 2.05) is 12.3 Å². The summed E-state index contributed by atoms with van der Waals surface area (Å²) in [5.74, 6) is 0.865. The van der Waals surface area contributed by atoms with Gasteiger partial charge in [0, 0.05) is 40.1 Å². The molecule has 4 heterocycles. The number of hydrogen-bond donors (Lipinski definition) is 1. The van der Waals surface area contributed by atoms with Crippen molar-refractivity contribution < 1.29 is 4.74 Å². The first kappa shape index (κ1) is 19.0. The van der Waals surface area contributed by atoms with Gasteiger partial charge in [-0.1, -0.05) is 15.9 Å². The van der Waals surface area contributed by atoms with Gasteiger partial charge in [0.25, 0.3) is 0 Å². The highest BCUT2D eigenvalue weighted by Gasteiger charge is 2.18. The van der Waals surface area contributed by atoms with Crippen molar-refractivity contribution in [3.63, 3.8) is 0 Å². The summed E-state index contributed by atoms with van der Waals surface area (Å²) in [7, 11) is 2.15. The Kier molecular flexibility index (Phi) is 4.89. The molecule has 0 aliphatic carbocycles. The lowest BCUT2D eigenvalue weighted by Crippen LogP contribution is -2.35. The molecule has 1 saturated heterocycles. The van der Waals surface area contributed by atoms with Crippen LogP contribution in [0.25, 0.3) is 33.1 Å². The van der Waals surface area contributed by atoms with E-state index < -0.39 is 0 Å². The van der Waals surface area contributed by atoms with Gasteiger partial charge in [0.2, 0.25) is 0 Å². The fourth-order valence-electron chi connectivity index (χ4n) is 3.99. The second-order valence-corrected chi connectivity index (χ2v) is 8.68. The van der Waals surface area contributed by atoms with Crippen LogP contribution in [-0.4, -0.2) is 46.1 Å². The van der Waals surface area contributed by atoms with E-state index >= 15 is 0 Å². The summed E-state index contributed by atoms with van der Waals surface area (Å²) in [5.41, 5.74) is 4.07. The van der Waals surface area contributed by atoms with Crippen LogP contribution in [0.15, 0.2) is 47.2 Å². The fourth-order valence-corrected chi connectivity index (χ4v) is 4.46. The minimum Gasteiger partial charge on any atom is -0.490 e. The van der Waals surface area contributed by atoms with Crippen molar-refractivity contribution in [3.05, 3.63) is 52.9 Å². The number of nitriles is 1. The Labute approximate surface area is 182 Å². The van der Waals surface area contributed by atoms with Crippen LogP contribution < -0.4 is 4.74 Å². The molecule has 0 spiro atoms. The summed E-state index contributed by atoms with van der Waals surface area (Å²) in [6.07, 6.45) is 5.86. The number of fused-ring (bicyclic) bond motifs is 3. The van der Waals surface area contributed by atoms with Crippen LogP contribution in [-0.2, 0) is 0 Å². The first-order valence-corrected chi connectivity index (χ1v) is 10.7. The maximum Gasteiger partial charge on any atom is 0.141 e. The Balaban J connectivity index is 1.52. The predicted octanol–water partition coefficient (Wildman–Crippen LogP) is 4.89. The minimum absolute atomic E-state index is 0.245. The largest absolute Gasteiger partial charge is 0.490 e. The molecular formula is C23H20BrN5O. The number of aromatic amines is 1. The molecule has 0 atom stereocenters. The third-order valence-corrected chi connectivity index (χ3v) is 6.08. The summed E-state index contributed by atoms with van der Waals surface area (Å²) in [4.78, 5) is 14.3. The van der Waals surface area contributed by atoms with Crippen LogP contribution in [0, 0.1) is 11.3 Å². The van der Waals surface area contributed by atoms with E-state index in [0.29, 0.717) is 5.69 Å². The second-order valence-electron chi connectivity index (χ2n) is 7.77. The number of ether oxygens (including phenoxy) is 1. The molecule has 1 aliphatic heterocycles. The number of hydrogen-bond acceptors (Lipinski definition) is 5. The van der Waals surface area contributed by atoms with Gasteiger partial charge >= 0.3 is 0 Å². The van der Waals surface area contributed by atoms with E-state index in [-0.39, 0.29) is 6.10 Å². The lowest BCUT2D eigenvalue weighted by molar-refractivity contribution is 0.114. The number of pyridine rings is 2. The first-order chi connectivity index (χ1) is 14.6.